The first-order valence-corrected chi connectivity index (χ1v) is 6.25. The summed E-state index contributed by atoms with van der Waals surface area (Å²) < 4.78 is 5.30. The molecule has 0 heterocycles. The van der Waals surface area contributed by atoms with Crippen molar-refractivity contribution in [1.82, 2.24) is 0 Å². The maximum Gasteiger partial charge on any atom is 0.235 e. The summed E-state index contributed by atoms with van der Waals surface area (Å²) in [6.07, 6.45) is 0. The lowest BCUT2D eigenvalue weighted by molar-refractivity contribution is -0.113. The third-order valence-electron chi connectivity index (χ3n) is 2.26. The average Bonchev–Trinajstić information content (AvgIpc) is 2.28. The van der Waals surface area contributed by atoms with E-state index in [1.807, 2.05) is 18.2 Å². The first-order valence-electron chi connectivity index (χ1n) is 5.12. The van der Waals surface area contributed by atoms with E-state index in [4.69, 9.17) is 4.74 Å². The monoisotopic (exact) mass is 285 g/mol. The Morgan fingerprint density at radius 3 is 2.69 bits per heavy atom. The quantitative estimate of drug-likeness (QED) is 0.863. The van der Waals surface area contributed by atoms with Crippen LogP contribution in [0.1, 0.15) is 25.3 Å². The number of ether oxygens (including phenoxy) is 1. The summed E-state index contributed by atoms with van der Waals surface area (Å²) in [7, 11) is 1.64. The van der Waals surface area contributed by atoms with Crippen molar-refractivity contribution in [3.05, 3.63) is 23.8 Å². The van der Waals surface area contributed by atoms with Crippen LogP contribution >= 0.6 is 15.9 Å². The lowest BCUT2D eigenvalue weighted by Gasteiger charge is -2.17. The molecule has 4 heteroatoms. The topological polar surface area (TPSA) is 38.3 Å². The predicted octanol–water partition coefficient (Wildman–Crippen LogP) is 3.15. The average molecular weight is 286 g/mol. The molecule has 0 fully saturated rings. The van der Waals surface area contributed by atoms with Crippen molar-refractivity contribution in [1.29, 1.82) is 0 Å². The molecule has 1 N–H and O–H groups in total. The molecule has 0 unspecified atom stereocenters. The second kappa shape index (κ2) is 5.89. The molecule has 0 spiro atoms. The number of amides is 1. The molecule has 0 aliphatic rings. The van der Waals surface area contributed by atoms with Crippen molar-refractivity contribution < 1.29 is 9.53 Å². The number of rotatable bonds is 4. The van der Waals surface area contributed by atoms with Gasteiger partial charge in [-0.1, -0.05) is 35.8 Å². The molecule has 0 atom stereocenters. The van der Waals surface area contributed by atoms with Crippen molar-refractivity contribution in [3.8, 4) is 5.75 Å². The van der Waals surface area contributed by atoms with Crippen LogP contribution in [0, 0.1) is 0 Å². The van der Waals surface area contributed by atoms with E-state index in [0.717, 1.165) is 17.0 Å². The highest BCUT2D eigenvalue weighted by molar-refractivity contribution is 9.09. The van der Waals surface area contributed by atoms with Gasteiger partial charge in [0.05, 0.1) is 12.4 Å². The number of hydrogen-bond donors (Lipinski definition) is 1. The van der Waals surface area contributed by atoms with E-state index < -0.39 is 0 Å². The third-order valence-corrected chi connectivity index (χ3v) is 2.77. The Balaban J connectivity index is 3.11. The van der Waals surface area contributed by atoms with Gasteiger partial charge in [-0.05, 0) is 18.1 Å². The van der Waals surface area contributed by atoms with E-state index in [-0.39, 0.29) is 5.91 Å². The molecule has 0 saturated heterocycles. The van der Waals surface area contributed by atoms with Gasteiger partial charge >= 0.3 is 0 Å². The Hall–Kier alpha value is -1.03. The van der Waals surface area contributed by atoms with Crippen molar-refractivity contribution in [2.75, 3.05) is 17.8 Å². The van der Waals surface area contributed by atoms with Gasteiger partial charge in [-0.15, -0.1) is 0 Å². The molecule has 0 radical (unpaired) electrons. The van der Waals surface area contributed by atoms with Gasteiger partial charge in [-0.3, -0.25) is 4.79 Å². The first-order chi connectivity index (χ1) is 7.60. The molecular formula is C12H16BrNO2. The largest absolute Gasteiger partial charge is 0.496 e. The van der Waals surface area contributed by atoms with Crippen LogP contribution in [0.3, 0.4) is 0 Å². The van der Waals surface area contributed by atoms with Crippen LogP contribution in [0.15, 0.2) is 18.2 Å². The Bertz CT molecular complexity index is 377. The molecule has 1 aromatic carbocycles. The number of anilines is 1. The molecule has 1 aromatic rings. The first kappa shape index (κ1) is 13.0. The molecule has 0 saturated carbocycles. The van der Waals surface area contributed by atoms with Gasteiger partial charge in [0.1, 0.15) is 5.75 Å². The maximum absolute atomic E-state index is 11.4. The summed E-state index contributed by atoms with van der Waals surface area (Å²) in [6, 6.07) is 5.66. The summed E-state index contributed by atoms with van der Waals surface area (Å²) in [5.41, 5.74) is 1.85. The van der Waals surface area contributed by atoms with Crippen LogP contribution < -0.4 is 10.1 Å². The maximum atomic E-state index is 11.4. The van der Waals surface area contributed by atoms with Crippen LogP contribution in [-0.4, -0.2) is 18.3 Å². The second-order valence-electron chi connectivity index (χ2n) is 3.76. The van der Waals surface area contributed by atoms with Gasteiger partial charge in [0.15, 0.2) is 0 Å². The lowest BCUT2D eigenvalue weighted by Crippen LogP contribution is -2.14. The van der Waals surface area contributed by atoms with Crippen LogP contribution in [0.25, 0.3) is 0 Å². The van der Waals surface area contributed by atoms with Gasteiger partial charge in [-0.25, -0.2) is 0 Å². The highest BCUT2D eigenvalue weighted by Crippen LogP contribution is 2.33. The highest BCUT2D eigenvalue weighted by Gasteiger charge is 2.13. The van der Waals surface area contributed by atoms with Crippen molar-refractivity contribution >= 4 is 27.5 Å². The number of halogens is 1. The zero-order valence-electron chi connectivity index (χ0n) is 9.71. The van der Waals surface area contributed by atoms with Crippen molar-refractivity contribution in [3.63, 3.8) is 0 Å². The van der Waals surface area contributed by atoms with E-state index in [0.29, 0.717) is 11.2 Å². The lowest BCUT2D eigenvalue weighted by atomic mass is 10.00. The van der Waals surface area contributed by atoms with Crippen LogP contribution in [0.5, 0.6) is 5.75 Å². The number of nitrogens with one attached hydrogen (secondary N) is 1. The van der Waals surface area contributed by atoms with Crippen molar-refractivity contribution in [2.45, 2.75) is 19.8 Å². The fourth-order valence-corrected chi connectivity index (χ4v) is 1.75. The van der Waals surface area contributed by atoms with Crippen molar-refractivity contribution in [2.24, 2.45) is 0 Å². The summed E-state index contributed by atoms with van der Waals surface area (Å²) >= 11 is 3.13. The molecule has 0 aliphatic heterocycles. The Kier molecular flexibility index (Phi) is 4.80. The number of hydrogen-bond acceptors (Lipinski definition) is 2. The normalized spacial score (nSPS) is 10.3. The standard InChI is InChI=1S/C12H16BrNO2/c1-8(2)12-9(14-11(15)7-13)5-4-6-10(12)16-3/h4-6,8H,7H2,1-3H3,(H,14,15). The number of methoxy groups -OCH3 is 1. The molecule has 1 amide bonds. The van der Waals surface area contributed by atoms with Gasteiger partial charge in [0, 0.05) is 11.3 Å². The van der Waals surface area contributed by atoms with Crippen LogP contribution in [0.2, 0.25) is 0 Å². The smallest absolute Gasteiger partial charge is 0.235 e. The summed E-state index contributed by atoms with van der Waals surface area (Å²) in [4.78, 5) is 11.4. The molecule has 0 aromatic heterocycles. The third kappa shape index (κ3) is 2.98. The van der Waals surface area contributed by atoms with E-state index in [1.165, 1.54) is 0 Å². The van der Waals surface area contributed by atoms with E-state index in [9.17, 15) is 4.79 Å². The van der Waals surface area contributed by atoms with Gasteiger partial charge in [-0.2, -0.15) is 0 Å². The molecule has 3 nitrogen and oxygen atoms in total. The minimum Gasteiger partial charge on any atom is -0.496 e. The number of benzene rings is 1. The number of carbonyl (C=O) groups is 1. The molecular weight excluding hydrogens is 270 g/mol. The van der Waals surface area contributed by atoms with Gasteiger partial charge in [0.25, 0.3) is 0 Å². The van der Waals surface area contributed by atoms with Crippen LogP contribution in [-0.2, 0) is 4.79 Å². The molecule has 0 aliphatic carbocycles. The SMILES string of the molecule is COc1cccc(NC(=O)CBr)c1C(C)C. The van der Waals surface area contributed by atoms with Gasteiger partial charge in [0.2, 0.25) is 5.91 Å². The predicted molar refractivity (Wildman–Crippen MR) is 69.5 cm³/mol. The molecule has 0 bridgehead atoms. The Morgan fingerprint density at radius 1 is 1.50 bits per heavy atom. The Morgan fingerprint density at radius 2 is 2.19 bits per heavy atom. The number of alkyl halides is 1. The fourth-order valence-electron chi connectivity index (χ4n) is 1.61. The zero-order chi connectivity index (χ0) is 12.1. The molecule has 1 rings (SSSR count). The highest BCUT2D eigenvalue weighted by atomic mass is 79.9. The molecule has 88 valence electrons. The van der Waals surface area contributed by atoms with E-state index in [1.54, 1.807) is 7.11 Å². The Labute approximate surface area is 104 Å². The molecule has 16 heavy (non-hydrogen) atoms. The summed E-state index contributed by atoms with van der Waals surface area (Å²) in [5, 5.41) is 3.14. The van der Waals surface area contributed by atoms with Gasteiger partial charge < -0.3 is 10.1 Å². The summed E-state index contributed by atoms with van der Waals surface area (Å²) in [6.45, 7) is 4.14. The van der Waals surface area contributed by atoms with E-state index in [2.05, 4.69) is 35.1 Å². The minimum absolute atomic E-state index is 0.0600. The fraction of sp³-hybridized carbons (Fsp3) is 0.417. The second-order valence-corrected chi connectivity index (χ2v) is 4.32. The zero-order valence-corrected chi connectivity index (χ0v) is 11.3. The van der Waals surface area contributed by atoms with E-state index >= 15 is 0 Å². The number of carbonyl (C=O) groups excluding carboxylic acids is 1. The minimum atomic E-state index is -0.0600. The van der Waals surface area contributed by atoms with Crippen LogP contribution in [0.4, 0.5) is 5.69 Å². The summed E-state index contributed by atoms with van der Waals surface area (Å²) in [5.74, 6) is 1.04.